The van der Waals surface area contributed by atoms with Crippen molar-refractivity contribution < 1.29 is 0 Å². The summed E-state index contributed by atoms with van der Waals surface area (Å²) in [5.41, 5.74) is 1.30. The molecule has 0 bridgehead atoms. The van der Waals surface area contributed by atoms with Gasteiger partial charge in [-0.3, -0.25) is 0 Å². The number of pyridine rings is 1. The molecule has 4 nitrogen and oxygen atoms in total. The lowest BCUT2D eigenvalue weighted by Gasteiger charge is -2.12. The smallest absolute Gasteiger partial charge is 0.142 e. The van der Waals surface area contributed by atoms with Gasteiger partial charge in [0.2, 0.25) is 0 Å². The Morgan fingerprint density at radius 2 is 2.31 bits per heavy atom. The summed E-state index contributed by atoms with van der Waals surface area (Å²) in [5, 5.41) is 15.0. The van der Waals surface area contributed by atoms with Crippen LogP contribution in [0.2, 0.25) is 0 Å². The van der Waals surface area contributed by atoms with Crippen molar-refractivity contribution in [2.75, 3.05) is 5.32 Å². The summed E-state index contributed by atoms with van der Waals surface area (Å²) in [6.07, 6.45) is 3.40. The second kappa shape index (κ2) is 4.73. The molecule has 0 fully saturated rings. The lowest BCUT2D eigenvalue weighted by Crippen LogP contribution is -2.06. The van der Waals surface area contributed by atoms with Crippen LogP contribution >= 0.6 is 11.3 Å². The highest BCUT2D eigenvalue weighted by molar-refractivity contribution is 7.09. The van der Waals surface area contributed by atoms with Crippen molar-refractivity contribution >= 4 is 17.0 Å². The molecular formula is C11H10N4S. The topological polar surface area (TPSA) is 61.6 Å². The van der Waals surface area contributed by atoms with E-state index in [1.807, 2.05) is 24.4 Å². The number of anilines is 1. The zero-order valence-electron chi connectivity index (χ0n) is 8.71. The van der Waals surface area contributed by atoms with E-state index in [4.69, 9.17) is 5.26 Å². The quantitative estimate of drug-likeness (QED) is 0.880. The zero-order chi connectivity index (χ0) is 11.4. The maximum absolute atomic E-state index is 8.73. The first-order chi connectivity index (χ1) is 7.79. The van der Waals surface area contributed by atoms with Gasteiger partial charge in [-0.1, -0.05) is 0 Å². The van der Waals surface area contributed by atoms with E-state index >= 15 is 0 Å². The molecule has 2 heterocycles. The van der Waals surface area contributed by atoms with Crippen LogP contribution < -0.4 is 5.32 Å². The van der Waals surface area contributed by atoms with E-state index in [1.54, 1.807) is 29.8 Å². The SMILES string of the molecule is CC(Nc1ccnc(C#N)c1)c1nccs1. The summed E-state index contributed by atoms with van der Waals surface area (Å²) in [4.78, 5) is 8.14. The highest BCUT2D eigenvalue weighted by Gasteiger charge is 2.07. The van der Waals surface area contributed by atoms with Crippen molar-refractivity contribution in [1.82, 2.24) is 9.97 Å². The lowest BCUT2D eigenvalue weighted by molar-refractivity contribution is 0.869. The molecular weight excluding hydrogens is 220 g/mol. The van der Waals surface area contributed by atoms with Gasteiger partial charge in [0.1, 0.15) is 16.8 Å². The van der Waals surface area contributed by atoms with E-state index in [0.717, 1.165) is 10.7 Å². The molecule has 0 amide bonds. The molecule has 0 saturated carbocycles. The lowest BCUT2D eigenvalue weighted by atomic mass is 10.3. The van der Waals surface area contributed by atoms with Gasteiger partial charge >= 0.3 is 0 Å². The standard InChI is InChI=1S/C11H10N4S/c1-8(11-14-4-5-16-11)15-9-2-3-13-10(6-9)7-12/h2-6,8H,1H3,(H,13,15). The van der Waals surface area contributed by atoms with Gasteiger partial charge in [-0.15, -0.1) is 11.3 Å². The van der Waals surface area contributed by atoms with E-state index < -0.39 is 0 Å². The molecule has 1 atom stereocenters. The molecule has 0 radical (unpaired) electrons. The number of hydrogen-bond acceptors (Lipinski definition) is 5. The van der Waals surface area contributed by atoms with Crippen LogP contribution in [0, 0.1) is 11.3 Å². The van der Waals surface area contributed by atoms with E-state index in [1.165, 1.54) is 0 Å². The van der Waals surface area contributed by atoms with Crippen LogP contribution in [0.3, 0.4) is 0 Å². The van der Waals surface area contributed by atoms with Gasteiger partial charge in [0, 0.05) is 23.5 Å². The molecule has 80 valence electrons. The second-order valence-electron chi connectivity index (χ2n) is 3.28. The normalized spacial score (nSPS) is 11.8. The molecule has 1 N–H and O–H groups in total. The fourth-order valence-electron chi connectivity index (χ4n) is 1.34. The molecule has 0 aliphatic carbocycles. The van der Waals surface area contributed by atoms with Crippen molar-refractivity contribution in [1.29, 1.82) is 5.26 Å². The maximum atomic E-state index is 8.73. The highest BCUT2D eigenvalue weighted by Crippen LogP contribution is 2.20. The van der Waals surface area contributed by atoms with Crippen molar-refractivity contribution in [3.05, 3.63) is 40.6 Å². The van der Waals surface area contributed by atoms with Crippen LogP contribution in [0.25, 0.3) is 0 Å². The molecule has 0 spiro atoms. The zero-order valence-corrected chi connectivity index (χ0v) is 9.53. The average Bonchev–Trinajstić information content (AvgIpc) is 2.83. The van der Waals surface area contributed by atoms with Crippen LogP contribution in [0.5, 0.6) is 0 Å². The number of thiazole rings is 1. The van der Waals surface area contributed by atoms with E-state index in [0.29, 0.717) is 5.69 Å². The number of aromatic nitrogens is 2. The third-order valence-corrected chi connectivity index (χ3v) is 3.04. The van der Waals surface area contributed by atoms with Crippen LogP contribution in [0.4, 0.5) is 5.69 Å². The first-order valence-corrected chi connectivity index (χ1v) is 5.69. The van der Waals surface area contributed by atoms with Gasteiger partial charge in [-0.2, -0.15) is 5.26 Å². The molecule has 2 aromatic heterocycles. The minimum Gasteiger partial charge on any atom is -0.376 e. The summed E-state index contributed by atoms with van der Waals surface area (Å²) in [5.74, 6) is 0. The summed E-state index contributed by atoms with van der Waals surface area (Å²) in [6.45, 7) is 2.03. The first-order valence-electron chi connectivity index (χ1n) is 4.81. The Bertz CT molecular complexity index is 501. The van der Waals surface area contributed by atoms with Gasteiger partial charge in [-0.25, -0.2) is 9.97 Å². The molecule has 0 aromatic carbocycles. The summed E-state index contributed by atoms with van der Waals surface area (Å²) in [7, 11) is 0. The average molecular weight is 230 g/mol. The Balaban J connectivity index is 2.12. The Morgan fingerprint density at radius 1 is 1.44 bits per heavy atom. The fourth-order valence-corrected chi connectivity index (χ4v) is 1.99. The Labute approximate surface area is 97.6 Å². The third-order valence-electron chi connectivity index (χ3n) is 2.08. The van der Waals surface area contributed by atoms with Crippen molar-refractivity contribution in [2.24, 2.45) is 0 Å². The number of nitrogens with zero attached hydrogens (tertiary/aromatic N) is 3. The fraction of sp³-hybridized carbons (Fsp3) is 0.182. The molecule has 5 heteroatoms. The van der Waals surface area contributed by atoms with E-state index in [2.05, 4.69) is 15.3 Å². The van der Waals surface area contributed by atoms with Crippen LogP contribution in [-0.2, 0) is 0 Å². The predicted octanol–water partition coefficient (Wildman–Crippen LogP) is 2.58. The monoisotopic (exact) mass is 230 g/mol. The molecule has 1 unspecified atom stereocenters. The minimum atomic E-state index is 0.133. The number of hydrogen-bond donors (Lipinski definition) is 1. The van der Waals surface area contributed by atoms with E-state index in [9.17, 15) is 0 Å². The number of nitrogens with one attached hydrogen (secondary N) is 1. The van der Waals surface area contributed by atoms with Crippen LogP contribution in [0.15, 0.2) is 29.9 Å². The largest absolute Gasteiger partial charge is 0.376 e. The first kappa shape index (κ1) is 10.6. The van der Waals surface area contributed by atoms with Gasteiger partial charge < -0.3 is 5.32 Å². The molecule has 2 rings (SSSR count). The molecule has 0 aliphatic rings. The second-order valence-corrected chi connectivity index (χ2v) is 4.20. The summed E-state index contributed by atoms with van der Waals surface area (Å²) < 4.78 is 0. The highest BCUT2D eigenvalue weighted by atomic mass is 32.1. The van der Waals surface area contributed by atoms with Crippen LogP contribution in [0.1, 0.15) is 23.7 Å². The van der Waals surface area contributed by atoms with Crippen molar-refractivity contribution in [3.63, 3.8) is 0 Å². The van der Waals surface area contributed by atoms with Gasteiger partial charge in [-0.05, 0) is 19.1 Å². The van der Waals surface area contributed by atoms with E-state index in [-0.39, 0.29) is 6.04 Å². The Hall–Kier alpha value is -1.93. The molecule has 16 heavy (non-hydrogen) atoms. The van der Waals surface area contributed by atoms with Gasteiger partial charge in [0.05, 0.1) is 6.04 Å². The molecule has 0 saturated heterocycles. The number of rotatable bonds is 3. The number of nitriles is 1. The molecule has 2 aromatic rings. The maximum Gasteiger partial charge on any atom is 0.142 e. The van der Waals surface area contributed by atoms with Gasteiger partial charge in [0.25, 0.3) is 0 Å². The summed E-state index contributed by atoms with van der Waals surface area (Å²) in [6, 6.07) is 5.71. The molecule has 0 aliphatic heterocycles. The van der Waals surface area contributed by atoms with Gasteiger partial charge in [0.15, 0.2) is 0 Å². The Morgan fingerprint density at radius 3 is 3.00 bits per heavy atom. The van der Waals surface area contributed by atoms with Crippen LogP contribution in [-0.4, -0.2) is 9.97 Å². The van der Waals surface area contributed by atoms with Crippen molar-refractivity contribution in [3.8, 4) is 6.07 Å². The Kier molecular flexibility index (Phi) is 3.13. The van der Waals surface area contributed by atoms with Crippen molar-refractivity contribution in [2.45, 2.75) is 13.0 Å². The third kappa shape index (κ3) is 2.35. The summed E-state index contributed by atoms with van der Waals surface area (Å²) >= 11 is 1.61. The minimum absolute atomic E-state index is 0.133. The predicted molar refractivity (Wildman–Crippen MR) is 63.1 cm³/mol.